The molecular formula is C16H25N3. The number of piperidine rings is 1. The average molecular weight is 259 g/mol. The van der Waals surface area contributed by atoms with Gasteiger partial charge in [0, 0.05) is 37.9 Å². The Kier molecular flexibility index (Phi) is 3.65. The molecule has 0 aromatic heterocycles. The van der Waals surface area contributed by atoms with Gasteiger partial charge < -0.3 is 15.5 Å². The average Bonchev–Trinajstić information content (AvgIpc) is 2.82. The molecule has 0 amide bonds. The Balaban J connectivity index is 1.71. The normalized spacial score (nSPS) is 22.9. The van der Waals surface area contributed by atoms with E-state index in [0.29, 0.717) is 5.92 Å². The van der Waals surface area contributed by atoms with Crippen molar-refractivity contribution >= 4 is 11.4 Å². The van der Waals surface area contributed by atoms with E-state index in [2.05, 4.69) is 47.8 Å². The van der Waals surface area contributed by atoms with Gasteiger partial charge in [-0.1, -0.05) is 6.07 Å². The molecule has 2 aliphatic rings. The topological polar surface area (TPSA) is 27.3 Å². The van der Waals surface area contributed by atoms with E-state index in [1.165, 1.54) is 49.3 Å². The minimum Gasteiger partial charge on any atom is -0.384 e. The molecule has 3 nitrogen and oxygen atoms in total. The van der Waals surface area contributed by atoms with Gasteiger partial charge in [-0.2, -0.15) is 0 Å². The Bertz CT molecular complexity index is 436. The highest BCUT2D eigenvalue weighted by atomic mass is 15.1. The van der Waals surface area contributed by atoms with Crippen LogP contribution in [0.25, 0.3) is 0 Å². The molecule has 3 heteroatoms. The van der Waals surface area contributed by atoms with E-state index >= 15 is 0 Å². The standard InChI is InChI=1S/C16H25N3/c1-19(2)14-3-4-15-13(11-18-16(15)10-14)9-12-5-7-17-8-6-12/h3-4,10,12-13,17-18H,5-9,11H2,1-2H3. The SMILES string of the molecule is CN(C)c1ccc2c(c1)NCC2CC1CCNCC1. The Labute approximate surface area is 116 Å². The van der Waals surface area contributed by atoms with Gasteiger partial charge >= 0.3 is 0 Å². The molecule has 0 saturated carbocycles. The molecule has 0 radical (unpaired) electrons. The minimum absolute atomic E-state index is 0.717. The monoisotopic (exact) mass is 259 g/mol. The fourth-order valence-electron chi connectivity index (χ4n) is 3.40. The molecule has 1 atom stereocenters. The van der Waals surface area contributed by atoms with E-state index in [1.54, 1.807) is 0 Å². The molecule has 1 unspecified atom stereocenters. The first-order chi connectivity index (χ1) is 9.24. The van der Waals surface area contributed by atoms with Crippen molar-refractivity contribution < 1.29 is 0 Å². The largest absolute Gasteiger partial charge is 0.384 e. The van der Waals surface area contributed by atoms with Gasteiger partial charge in [0.1, 0.15) is 0 Å². The maximum atomic E-state index is 3.59. The zero-order chi connectivity index (χ0) is 13.2. The summed E-state index contributed by atoms with van der Waals surface area (Å²) in [6.45, 7) is 3.53. The Morgan fingerprint density at radius 2 is 2.00 bits per heavy atom. The second kappa shape index (κ2) is 5.41. The molecule has 1 fully saturated rings. The van der Waals surface area contributed by atoms with E-state index in [-0.39, 0.29) is 0 Å². The number of nitrogens with one attached hydrogen (secondary N) is 2. The van der Waals surface area contributed by atoms with Crippen molar-refractivity contribution in [1.29, 1.82) is 0 Å². The quantitative estimate of drug-likeness (QED) is 0.874. The van der Waals surface area contributed by atoms with Gasteiger partial charge in [-0.25, -0.2) is 0 Å². The maximum Gasteiger partial charge on any atom is 0.0397 e. The lowest BCUT2D eigenvalue weighted by Gasteiger charge is -2.25. The van der Waals surface area contributed by atoms with Crippen LogP contribution in [0, 0.1) is 5.92 Å². The van der Waals surface area contributed by atoms with Crippen LogP contribution >= 0.6 is 0 Å². The molecule has 1 saturated heterocycles. The van der Waals surface area contributed by atoms with Crippen molar-refractivity contribution in [2.75, 3.05) is 43.9 Å². The van der Waals surface area contributed by atoms with Crippen LogP contribution < -0.4 is 15.5 Å². The molecule has 1 aromatic rings. The lowest BCUT2D eigenvalue weighted by atomic mass is 9.85. The fourth-order valence-corrected chi connectivity index (χ4v) is 3.40. The molecule has 104 valence electrons. The number of fused-ring (bicyclic) bond motifs is 1. The number of nitrogens with zero attached hydrogens (tertiary/aromatic N) is 1. The van der Waals surface area contributed by atoms with Crippen LogP contribution in [-0.4, -0.2) is 33.7 Å². The Morgan fingerprint density at radius 1 is 1.21 bits per heavy atom. The number of benzene rings is 1. The zero-order valence-corrected chi connectivity index (χ0v) is 12.1. The van der Waals surface area contributed by atoms with Gasteiger partial charge in [0.15, 0.2) is 0 Å². The summed E-state index contributed by atoms with van der Waals surface area (Å²) in [5.41, 5.74) is 4.17. The lowest BCUT2D eigenvalue weighted by Crippen LogP contribution is -2.28. The molecule has 0 aliphatic carbocycles. The predicted octanol–water partition coefficient (Wildman–Crippen LogP) is 2.65. The van der Waals surface area contributed by atoms with Gasteiger partial charge in [-0.3, -0.25) is 0 Å². The third kappa shape index (κ3) is 2.71. The van der Waals surface area contributed by atoms with Gasteiger partial charge in [-0.05, 0) is 56.0 Å². The molecule has 2 N–H and O–H groups in total. The summed E-state index contributed by atoms with van der Waals surface area (Å²) in [4.78, 5) is 2.17. The summed E-state index contributed by atoms with van der Waals surface area (Å²) in [6.07, 6.45) is 4.05. The summed E-state index contributed by atoms with van der Waals surface area (Å²) < 4.78 is 0. The van der Waals surface area contributed by atoms with Crippen LogP contribution in [0.5, 0.6) is 0 Å². The van der Waals surface area contributed by atoms with Crippen LogP contribution in [0.1, 0.15) is 30.7 Å². The first-order valence-corrected chi connectivity index (χ1v) is 7.50. The molecule has 2 aliphatic heterocycles. The highest BCUT2D eigenvalue weighted by Gasteiger charge is 2.26. The Hall–Kier alpha value is -1.22. The number of anilines is 2. The van der Waals surface area contributed by atoms with E-state index in [1.807, 2.05) is 0 Å². The first kappa shape index (κ1) is 12.8. The zero-order valence-electron chi connectivity index (χ0n) is 12.1. The summed E-state index contributed by atoms with van der Waals surface area (Å²) in [5, 5.41) is 7.05. The maximum absolute atomic E-state index is 3.59. The van der Waals surface area contributed by atoms with Gasteiger partial charge in [0.05, 0.1) is 0 Å². The molecule has 19 heavy (non-hydrogen) atoms. The number of rotatable bonds is 3. The smallest absolute Gasteiger partial charge is 0.0397 e. The van der Waals surface area contributed by atoms with Crippen LogP contribution in [0.3, 0.4) is 0 Å². The van der Waals surface area contributed by atoms with E-state index in [4.69, 9.17) is 0 Å². The Morgan fingerprint density at radius 3 is 2.74 bits per heavy atom. The minimum atomic E-state index is 0.717. The van der Waals surface area contributed by atoms with Gasteiger partial charge in [-0.15, -0.1) is 0 Å². The molecule has 3 rings (SSSR count). The number of hydrogen-bond acceptors (Lipinski definition) is 3. The van der Waals surface area contributed by atoms with Crippen molar-refractivity contribution in [3.05, 3.63) is 23.8 Å². The van der Waals surface area contributed by atoms with Crippen molar-refractivity contribution in [1.82, 2.24) is 5.32 Å². The highest BCUT2D eigenvalue weighted by Crippen LogP contribution is 2.38. The third-order valence-electron chi connectivity index (χ3n) is 4.61. The van der Waals surface area contributed by atoms with Gasteiger partial charge in [0.2, 0.25) is 0 Å². The first-order valence-electron chi connectivity index (χ1n) is 7.50. The van der Waals surface area contributed by atoms with E-state index < -0.39 is 0 Å². The molecule has 2 heterocycles. The van der Waals surface area contributed by atoms with Gasteiger partial charge in [0.25, 0.3) is 0 Å². The summed E-state index contributed by atoms with van der Waals surface area (Å²) in [5.74, 6) is 1.63. The van der Waals surface area contributed by atoms with Crippen LogP contribution in [0.15, 0.2) is 18.2 Å². The molecule has 0 bridgehead atoms. The number of hydrogen-bond donors (Lipinski definition) is 2. The van der Waals surface area contributed by atoms with Crippen molar-refractivity contribution in [2.24, 2.45) is 5.92 Å². The van der Waals surface area contributed by atoms with E-state index in [0.717, 1.165) is 12.5 Å². The second-order valence-corrected chi connectivity index (χ2v) is 6.17. The third-order valence-corrected chi connectivity index (χ3v) is 4.61. The summed E-state index contributed by atoms with van der Waals surface area (Å²) in [6, 6.07) is 6.87. The van der Waals surface area contributed by atoms with Crippen LogP contribution in [0.2, 0.25) is 0 Å². The predicted molar refractivity (Wildman–Crippen MR) is 82.2 cm³/mol. The second-order valence-electron chi connectivity index (χ2n) is 6.17. The van der Waals surface area contributed by atoms with Crippen LogP contribution in [0.4, 0.5) is 11.4 Å². The fraction of sp³-hybridized carbons (Fsp3) is 0.625. The highest BCUT2D eigenvalue weighted by molar-refractivity contribution is 5.65. The van der Waals surface area contributed by atoms with Crippen molar-refractivity contribution in [3.63, 3.8) is 0 Å². The van der Waals surface area contributed by atoms with Crippen LogP contribution in [-0.2, 0) is 0 Å². The molecule has 1 aromatic carbocycles. The van der Waals surface area contributed by atoms with Crippen molar-refractivity contribution in [2.45, 2.75) is 25.2 Å². The van der Waals surface area contributed by atoms with E-state index in [9.17, 15) is 0 Å². The lowest BCUT2D eigenvalue weighted by molar-refractivity contribution is 0.336. The summed E-state index contributed by atoms with van der Waals surface area (Å²) in [7, 11) is 4.20. The molecule has 0 spiro atoms. The summed E-state index contributed by atoms with van der Waals surface area (Å²) >= 11 is 0. The molecular weight excluding hydrogens is 234 g/mol. The van der Waals surface area contributed by atoms with Crippen molar-refractivity contribution in [3.8, 4) is 0 Å².